The Bertz CT molecular complexity index is 234. The fraction of sp³-hybridized carbons (Fsp3) is 0.941. The maximum atomic E-state index is 11.6. The summed E-state index contributed by atoms with van der Waals surface area (Å²) in [5.74, 6) is 0.167. The Hall–Kier alpha value is -0.890. The first-order valence-corrected chi connectivity index (χ1v) is 8.02. The summed E-state index contributed by atoms with van der Waals surface area (Å²) in [4.78, 5) is 9.44. The third-order valence-corrected chi connectivity index (χ3v) is 1.42. The van der Waals surface area contributed by atoms with E-state index in [1.54, 1.807) is 0 Å². The van der Waals surface area contributed by atoms with Gasteiger partial charge in [-0.3, -0.25) is 8.78 Å². The van der Waals surface area contributed by atoms with Gasteiger partial charge in [0, 0.05) is 0 Å². The molecule has 0 aliphatic heterocycles. The summed E-state index contributed by atoms with van der Waals surface area (Å²) in [6.07, 6.45) is -7.99. The van der Waals surface area contributed by atoms with Crippen LogP contribution < -0.4 is 0 Å². The Morgan fingerprint density at radius 2 is 0.769 bits per heavy atom. The summed E-state index contributed by atoms with van der Waals surface area (Å²) in [7, 11) is 0.500. The van der Waals surface area contributed by atoms with Crippen LogP contribution in [0.25, 0.3) is 0 Å². The van der Waals surface area contributed by atoms with Crippen LogP contribution in [-0.4, -0.2) is 32.0 Å². The molecule has 0 saturated carbocycles. The average Bonchev–Trinajstić information content (AvgIpc) is 2.40. The van der Waals surface area contributed by atoms with Crippen molar-refractivity contribution in [3.05, 3.63) is 0 Å². The normalized spacial score (nSPS) is 9.77. The van der Waals surface area contributed by atoms with Crippen molar-refractivity contribution in [2.45, 2.75) is 87.5 Å². The van der Waals surface area contributed by atoms with E-state index in [0.29, 0.717) is 7.18 Å². The van der Waals surface area contributed by atoms with E-state index in [1.807, 2.05) is 0 Å². The van der Waals surface area contributed by atoms with Gasteiger partial charge >= 0.3 is 12.4 Å². The number of alkyl halides is 8. The van der Waals surface area contributed by atoms with Crippen molar-refractivity contribution in [3.63, 3.8) is 0 Å². The van der Waals surface area contributed by atoms with Gasteiger partial charge in [-0.15, -0.1) is 0 Å². The van der Waals surface area contributed by atoms with Gasteiger partial charge in [-0.25, -0.2) is 0 Å². The first kappa shape index (κ1) is 40.0. The smallest absolute Gasteiger partial charge is 0.300 e. The molecular weight excluding hydrogens is 372 g/mol. The SMILES string of the molecule is CC(C)(C(F)(F)F)C(F)(F)F.CC(C)=O.CCC.CCC.CCF.CF. The molecule has 26 heavy (non-hydrogen) atoms. The average molecular weight is 408 g/mol. The maximum Gasteiger partial charge on any atom is 0.402 e. The largest absolute Gasteiger partial charge is 0.402 e. The monoisotopic (exact) mass is 408 g/mol. The summed E-state index contributed by atoms with van der Waals surface area (Å²) in [5.41, 5.74) is -3.62. The number of hydrogen-bond acceptors (Lipinski definition) is 1. The summed E-state index contributed by atoms with van der Waals surface area (Å²) >= 11 is 0. The predicted molar refractivity (Wildman–Crippen MR) is 92.9 cm³/mol. The second kappa shape index (κ2) is 24.1. The molecule has 1 nitrogen and oxygen atoms in total. The lowest BCUT2D eigenvalue weighted by Crippen LogP contribution is -2.44. The van der Waals surface area contributed by atoms with Crippen molar-refractivity contribution in [2.24, 2.45) is 5.41 Å². The third-order valence-electron chi connectivity index (χ3n) is 1.42. The van der Waals surface area contributed by atoms with Gasteiger partial charge in [0.15, 0.2) is 5.41 Å². The molecule has 0 bridgehead atoms. The Morgan fingerprint density at radius 1 is 0.692 bits per heavy atom. The number of rotatable bonds is 0. The van der Waals surface area contributed by atoms with Crippen LogP contribution in [0.5, 0.6) is 0 Å². The lowest BCUT2D eigenvalue weighted by Gasteiger charge is -2.29. The second-order valence-corrected chi connectivity index (χ2v) is 5.21. The van der Waals surface area contributed by atoms with Gasteiger partial charge in [0.2, 0.25) is 0 Å². The fourth-order valence-corrected chi connectivity index (χ4v) is 0.161. The molecule has 9 heteroatoms. The highest BCUT2D eigenvalue weighted by molar-refractivity contribution is 5.72. The van der Waals surface area contributed by atoms with Crippen molar-refractivity contribution in [3.8, 4) is 0 Å². The van der Waals surface area contributed by atoms with Gasteiger partial charge in [0.25, 0.3) is 0 Å². The van der Waals surface area contributed by atoms with Crippen molar-refractivity contribution in [1.29, 1.82) is 0 Å². The number of ketones is 1. The van der Waals surface area contributed by atoms with Gasteiger partial charge < -0.3 is 4.79 Å². The van der Waals surface area contributed by atoms with E-state index in [0.717, 1.165) is 0 Å². The van der Waals surface area contributed by atoms with Crippen molar-refractivity contribution in [1.82, 2.24) is 0 Å². The van der Waals surface area contributed by atoms with Crippen molar-refractivity contribution < 1.29 is 39.9 Å². The van der Waals surface area contributed by atoms with E-state index in [1.165, 1.54) is 33.6 Å². The van der Waals surface area contributed by atoms with Gasteiger partial charge in [0.1, 0.15) is 5.78 Å². The first-order chi connectivity index (χ1) is 11.5. The van der Waals surface area contributed by atoms with Gasteiger partial charge in [0.05, 0.1) is 13.9 Å². The lowest BCUT2D eigenvalue weighted by molar-refractivity contribution is -0.327. The van der Waals surface area contributed by atoms with Crippen LogP contribution in [0.1, 0.15) is 75.2 Å². The second-order valence-electron chi connectivity index (χ2n) is 5.21. The summed E-state index contributed by atoms with van der Waals surface area (Å²) in [6, 6.07) is 0. The van der Waals surface area contributed by atoms with E-state index in [4.69, 9.17) is 0 Å². The van der Waals surface area contributed by atoms with E-state index in [2.05, 4.69) is 27.7 Å². The molecule has 0 aliphatic rings. The van der Waals surface area contributed by atoms with Crippen LogP contribution in [0, 0.1) is 5.41 Å². The minimum absolute atomic E-state index is 0.104. The number of halogens is 8. The fourth-order valence-electron chi connectivity index (χ4n) is 0.161. The molecule has 0 aromatic rings. The molecular formula is C17H36F8O. The Labute approximate surface area is 153 Å². The topological polar surface area (TPSA) is 17.1 Å². The van der Waals surface area contributed by atoms with Crippen LogP contribution >= 0.6 is 0 Å². The molecule has 0 fully saturated rings. The Morgan fingerprint density at radius 3 is 0.769 bits per heavy atom. The number of hydrogen-bond donors (Lipinski definition) is 0. The molecule has 0 saturated heterocycles. The molecule has 0 aliphatic carbocycles. The van der Waals surface area contributed by atoms with E-state index in [9.17, 15) is 39.9 Å². The highest BCUT2D eigenvalue weighted by atomic mass is 19.4. The zero-order valence-corrected chi connectivity index (χ0v) is 17.6. The third kappa shape index (κ3) is 38.6. The minimum atomic E-state index is -5.24. The van der Waals surface area contributed by atoms with E-state index in [-0.39, 0.29) is 26.3 Å². The summed E-state index contributed by atoms with van der Waals surface area (Å²) in [5, 5.41) is 0. The van der Waals surface area contributed by atoms with Crippen LogP contribution in [0.15, 0.2) is 0 Å². The maximum absolute atomic E-state index is 11.6. The molecule has 0 unspecified atom stereocenters. The molecule has 0 radical (unpaired) electrons. The van der Waals surface area contributed by atoms with E-state index >= 15 is 0 Å². The van der Waals surface area contributed by atoms with Crippen LogP contribution in [0.4, 0.5) is 35.1 Å². The molecule has 0 aromatic heterocycles. The molecule has 0 amide bonds. The van der Waals surface area contributed by atoms with Gasteiger partial charge in [-0.05, 0) is 34.6 Å². The minimum Gasteiger partial charge on any atom is -0.300 e. The quantitative estimate of drug-likeness (QED) is 0.370. The first-order valence-electron chi connectivity index (χ1n) is 8.02. The standard InChI is InChI=1S/C5H6F6.C3H6O.2C3H8.C2H5F.CH3F/c1-3(2,4(6,7)8)5(9,10)11;1-3(2)4;2*1-3-2;1-2-3;1-2/h1-2H3;1-2H3;2*3H2,1-2H3;2H2,1H3;1H3. The molecule has 0 aromatic carbocycles. The van der Waals surface area contributed by atoms with Gasteiger partial charge in [-0.2, -0.15) is 26.3 Å². The molecule has 0 rings (SSSR count). The molecule has 0 N–H and O–H groups in total. The predicted octanol–water partition coefficient (Wildman–Crippen LogP) is 8.13. The van der Waals surface area contributed by atoms with Crippen LogP contribution in [0.2, 0.25) is 0 Å². The van der Waals surface area contributed by atoms with Gasteiger partial charge in [-0.1, -0.05) is 40.5 Å². The molecule has 0 atom stereocenters. The molecule has 0 heterocycles. The lowest BCUT2D eigenvalue weighted by atomic mass is 9.92. The Kier molecular flexibility index (Phi) is 37.1. The zero-order chi connectivity index (χ0) is 23.2. The van der Waals surface area contributed by atoms with Crippen molar-refractivity contribution in [2.75, 3.05) is 13.9 Å². The Balaban J connectivity index is -0.0000000553. The van der Waals surface area contributed by atoms with Crippen molar-refractivity contribution >= 4 is 5.78 Å². The van der Waals surface area contributed by atoms with Crippen LogP contribution in [0.3, 0.4) is 0 Å². The highest BCUT2D eigenvalue weighted by Gasteiger charge is 2.64. The zero-order valence-electron chi connectivity index (χ0n) is 17.6. The summed E-state index contributed by atoms with van der Waals surface area (Å²) in [6.45, 7) is 13.0. The number of carbonyl (C=O) groups is 1. The molecule has 166 valence electrons. The summed E-state index contributed by atoms with van der Waals surface area (Å²) < 4.78 is 89.4. The number of carbonyl (C=O) groups excluding carboxylic acids is 1. The van der Waals surface area contributed by atoms with Crippen LogP contribution in [-0.2, 0) is 4.79 Å². The van der Waals surface area contributed by atoms with E-state index < -0.39 is 17.8 Å². The molecule has 0 spiro atoms. The highest BCUT2D eigenvalue weighted by Crippen LogP contribution is 2.49. The number of Topliss-reactive ketones (excluding diaryl/α,β-unsaturated/α-hetero) is 1.